The van der Waals surface area contributed by atoms with Crippen molar-refractivity contribution in [3.05, 3.63) is 0 Å². The maximum Gasteiger partial charge on any atom is 0.229 e. The second-order valence-electron chi connectivity index (χ2n) is 5.53. The first kappa shape index (κ1) is 12.8. The van der Waals surface area contributed by atoms with E-state index in [1.807, 2.05) is 11.9 Å². The molecule has 0 bridgehead atoms. The minimum atomic E-state index is -0.122. The topological polar surface area (TPSA) is 55.6 Å². The van der Waals surface area contributed by atoms with Gasteiger partial charge in [-0.1, -0.05) is 19.3 Å². The lowest BCUT2D eigenvalue weighted by Gasteiger charge is -2.29. The number of nitrogens with two attached hydrogens (primary N) is 1. The molecule has 2 aliphatic rings. The fourth-order valence-corrected chi connectivity index (χ4v) is 2.96. The third-order valence-corrected chi connectivity index (χ3v) is 4.07. The zero-order chi connectivity index (χ0) is 12.3. The highest BCUT2D eigenvalue weighted by molar-refractivity contribution is 5.79. The first-order valence-corrected chi connectivity index (χ1v) is 6.77. The summed E-state index contributed by atoms with van der Waals surface area (Å²) in [7, 11) is 1.90. The molecule has 2 fully saturated rings. The van der Waals surface area contributed by atoms with Crippen molar-refractivity contribution in [1.29, 1.82) is 0 Å². The number of ether oxygens (including phenoxy) is 1. The van der Waals surface area contributed by atoms with Gasteiger partial charge in [0.2, 0.25) is 5.91 Å². The Balaban J connectivity index is 1.81. The second kappa shape index (κ2) is 5.83. The van der Waals surface area contributed by atoms with Crippen LogP contribution in [0.25, 0.3) is 0 Å². The van der Waals surface area contributed by atoms with Crippen LogP contribution in [-0.2, 0) is 9.53 Å². The van der Waals surface area contributed by atoms with Gasteiger partial charge in [0.25, 0.3) is 0 Å². The van der Waals surface area contributed by atoms with Crippen LogP contribution in [0.1, 0.15) is 32.1 Å². The maximum absolute atomic E-state index is 12.2. The van der Waals surface area contributed by atoms with Crippen molar-refractivity contribution in [3.8, 4) is 0 Å². The molecular formula is C13H24N2O2. The molecular weight excluding hydrogens is 216 g/mol. The maximum atomic E-state index is 12.2. The summed E-state index contributed by atoms with van der Waals surface area (Å²) in [6.45, 7) is 1.91. The summed E-state index contributed by atoms with van der Waals surface area (Å²) in [6.07, 6.45) is 6.53. The minimum Gasteiger partial charge on any atom is -0.379 e. The molecule has 1 heterocycles. The van der Waals surface area contributed by atoms with Gasteiger partial charge >= 0.3 is 0 Å². The van der Waals surface area contributed by atoms with E-state index in [1.54, 1.807) is 0 Å². The normalized spacial score (nSPS) is 30.5. The van der Waals surface area contributed by atoms with Gasteiger partial charge in [0.1, 0.15) is 0 Å². The van der Waals surface area contributed by atoms with E-state index in [0.717, 1.165) is 6.54 Å². The van der Waals surface area contributed by atoms with Crippen molar-refractivity contribution in [2.24, 2.45) is 17.6 Å². The third kappa shape index (κ3) is 3.19. The quantitative estimate of drug-likeness (QED) is 0.800. The van der Waals surface area contributed by atoms with Crippen LogP contribution in [0, 0.1) is 11.8 Å². The monoisotopic (exact) mass is 240 g/mol. The molecule has 1 saturated heterocycles. The van der Waals surface area contributed by atoms with Crippen LogP contribution < -0.4 is 5.73 Å². The molecule has 1 aliphatic carbocycles. The zero-order valence-electron chi connectivity index (χ0n) is 10.7. The van der Waals surface area contributed by atoms with Crippen molar-refractivity contribution >= 4 is 5.91 Å². The molecule has 0 spiro atoms. The van der Waals surface area contributed by atoms with Crippen LogP contribution in [0.15, 0.2) is 0 Å². The van der Waals surface area contributed by atoms with Gasteiger partial charge in [-0.2, -0.15) is 0 Å². The van der Waals surface area contributed by atoms with E-state index < -0.39 is 0 Å². The summed E-state index contributed by atoms with van der Waals surface area (Å²) in [5, 5.41) is 0. The zero-order valence-corrected chi connectivity index (χ0v) is 10.7. The fourth-order valence-electron chi connectivity index (χ4n) is 2.96. The number of hydrogen-bond donors (Lipinski definition) is 1. The van der Waals surface area contributed by atoms with Crippen LogP contribution in [0.2, 0.25) is 0 Å². The lowest BCUT2D eigenvalue weighted by atomic mass is 9.88. The van der Waals surface area contributed by atoms with Crippen LogP contribution in [-0.4, -0.2) is 43.7 Å². The van der Waals surface area contributed by atoms with E-state index in [2.05, 4.69) is 0 Å². The lowest BCUT2D eigenvalue weighted by Crippen LogP contribution is -2.43. The molecule has 0 radical (unpaired) electrons. The second-order valence-corrected chi connectivity index (χ2v) is 5.53. The standard InChI is InChI=1S/C13H24N2O2/c1-15(7-10-5-3-2-4-6-10)13(16)11-8-17-9-12(11)14/h10-12H,2-9,14H2,1H3. The summed E-state index contributed by atoms with van der Waals surface area (Å²) in [5.74, 6) is 0.736. The van der Waals surface area contributed by atoms with E-state index in [0.29, 0.717) is 19.1 Å². The Labute approximate surface area is 103 Å². The SMILES string of the molecule is CN(CC1CCCCC1)C(=O)C1COCC1N. The van der Waals surface area contributed by atoms with Gasteiger partial charge in [-0.15, -0.1) is 0 Å². The Kier molecular flexibility index (Phi) is 4.40. The van der Waals surface area contributed by atoms with Crippen LogP contribution >= 0.6 is 0 Å². The molecule has 2 N–H and O–H groups in total. The predicted octanol–water partition coefficient (Wildman–Crippen LogP) is 0.999. The Bertz CT molecular complexity index is 264. The number of amides is 1. The highest BCUT2D eigenvalue weighted by atomic mass is 16.5. The molecule has 1 aliphatic heterocycles. The summed E-state index contributed by atoms with van der Waals surface area (Å²) in [6, 6.07) is -0.115. The number of nitrogens with zero attached hydrogens (tertiary/aromatic N) is 1. The largest absolute Gasteiger partial charge is 0.379 e. The van der Waals surface area contributed by atoms with Gasteiger partial charge < -0.3 is 15.4 Å². The first-order chi connectivity index (χ1) is 8.18. The van der Waals surface area contributed by atoms with Crippen molar-refractivity contribution in [2.45, 2.75) is 38.1 Å². The van der Waals surface area contributed by atoms with Crippen molar-refractivity contribution in [1.82, 2.24) is 4.90 Å². The number of rotatable bonds is 3. The molecule has 1 saturated carbocycles. The van der Waals surface area contributed by atoms with Gasteiger partial charge in [-0.3, -0.25) is 4.79 Å². The molecule has 2 rings (SSSR count). The minimum absolute atomic E-state index is 0.115. The van der Waals surface area contributed by atoms with E-state index >= 15 is 0 Å². The Morgan fingerprint density at radius 2 is 2.00 bits per heavy atom. The summed E-state index contributed by atoms with van der Waals surface area (Å²) >= 11 is 0. The smallest absolute Gasteiger partial charge is 0.229 e. The van der Waals surface area contributed by atoms with Gasteiger partial charge in [0.15, 0.2) is 0 Å². The van der Waals surface area contributed by atoms with E-state index in [-0.39, 0.29) is 17.9 Å². The summed E-state index contributed by atoms with van der Waals surface area (Å²) in [5.41, 5.74) is 5.88. The highest BCUT2D eigenvalue weighted by Crippen LogP contribution is 2.25. The number of carbonyl (C=O) groups is 1. The van der Waals surface area contributed by atoms with E-state index in [4.69, 9.17) is 10.5 Å². The molecule has 98 valence electrons. The van der Waals surface area contributed by atoms with Crippen molar-refractivity contribution in [2.75, 3.05) is 26.8 Å². The van der Waals surface area contributed by atoms with E-state index in [9.17, 15) is 4.79 Å². The molecule has 4 nitrogen and oxygen atoms in total. The fraction of sp³-hybridized carbons (Fsp3) is 0.923. The molecule has 4 heteroatoms. The molecule has 2 unspecified atom stereocenters. The molecule has 0 aromatic heterocycles. The predicted molar refractivity (Wildman–Crippen MR) is 66.5 cm³/mol. The molecule has 1 amide bonds. The van der Waals surface area contributed by atoms with Gasteiger partial charge in [0, 0.05) is 19.6 Å². The Morgan fingerprint density at radius 1 is 1.29 bits per heavy atom. The summed E-state index contributed by atoms with van der Waals surface area (Å²) in [4.78, 5) is 14.1. The Hall–Kier alpha value is -0.610. The van der Waals surface area contributed by atoms with Crippen molar-refractivity contribution < 1.29 is 9.53 Å². The molecule has 17 heavy (non-hydrogen) atoms. The van der Waals surface area contributed by atoms with Crippen molar-refractivity contribution in [3.63, 3.8) is 0 Å². The molecule has 0 aromatic carbocycles. The van der Waals surface area contributed by atoms with E-state index in [1.165, 1.54) is 32.1 Å². The molecule has 2 atom stereocenters. The number of hydrogen-bond acceptors (Lipinski definition) is 3. The van der Waals surface area contributed by atoms with Crippen LogP contribution in [0.3, 0.4) is 0 Å². The third-order valence-electron chi connectivity index (χ3n) is 4.07. The van der Waals surface area contributed by atoms with Gasteiger partial charge in [-0.25, -0.2) is 0 Å². The average Bonchev–Trinajstić information content (AvgIpc) is 2.76. The van der Waals surface area contributed by atoms with Crippen LogP contribution in [0.4, 0.5) is 0 Å². The number of carbonyl (C=O) groups excluding carboxylic acids is 1. The van der Waals surface area contributed by atoms with Gasteiger partial charge in [0.05, 0.1) is 19.1 Å². The first-order valence-electron chi connectivity index (χ1n) is 6.77. The van der Waals surface area contributed by atoms with Crippen LogP contribution in [0.5, 0.6) is 0 Å². The van der Waals surface area contributed by atoms with Gasteiger partial charge in [-0.05, 0) is 18.8 Å². The average molecular weight is 240 g/mol. The molecule has 0 aromatic rings. The lowest BCUT2D eigenvalue weighted by molar-refractivity contribution is -0.135. The Morgan fingerprint density at radius 3 is 2.59 bits per heavy atom. The highest BCUT2D eigenvalue weighted by Gasteiger charge is 2.33. The summed E-state index contributed by atoms with van der Waals surface area (Å²) < 4.78 is 5.26.